The third kappa shape index (κ3) is 68.5. The molecule has 1 unspecified atom stereocenters. The van der Waals surface area contributed by atoms with Crippen LogP contribution in [0.5, 0.6) is 0 Å². The Labute approximate surface area is 513 Å². The van der Waals surface area contributed by atoms with Crippen molar-refractivity contribution in [3.8, 4) is 0 Å². The molecule has 0 aliphatic heterocycles. The molecule has 0 aromatic carbocycles. The van der Waals surface area contributed by atoms with Crippen molar-refractivity contribution in [2.45, 2.75) is 335 Å². The molecule has 0 aromatic rings. The zero-order chi connectivity index (χ0) is 59.9. The molecule has 0 fully saturated rings. The molecule has 0 rings (SSSR count). The Hall–Kier alpha value is -4.19. The van der Waals surface area contributed by atoms with Crippen LogP contribution >= 0.6 is 0 Å². The Morgan fingerprint density at radius 3 is 0.747 bits per heavy atom. The Morgan fingerprint density at radius 1 is 0.253 bits per heavy atom. The molecule has 6 heteroatoms. The summed E-state index contributed by atoms with van der Waals surface area (Å²) in [5.74, 6) is -0.897. The van der Waals surface area contributed by atoms with Crippen LogP contribution in [0.2, 0.25) is 0 Å². The summed E-state index contributed by atoms with van der Waals surface area (Å²) in [6.07, 6.45) is 97.8. The zero-order valence-electron chi connectivity index (χ0n) is 54.4. The predicted octanol–water partition coefficient (Wildman–Crippen LogP) is 24.3. The normalized spacial score (nSPS) is 12.9. The summed E-state index contributed by atoms with van der Waals surface area (Å²) >= 11 is 0. The van der Waals surface area contributed by atoms with E-state index in [1.807, 2.05) is 0 Å². The average Bonchev–Trinajstić information content (AvgIpc) is 3.49. The van der Waals surface area contributed by atoms with E-state index in [1.165, 1.54) is 167 Å². The van der Waals surface area contributed by atoms with Crippen LogP contribution in [0.3, 0.4) is 0 Å². The van der Waals surface area contributed by atoms with Crippen LogP contribution in [-0.4, -0.2) is 37.2 Å². The van der Waals surface area contributed by atoms with E-state index in [0.717, 1.165) is 122 Å². The molecular formula is C77H130O6. The van der Waals surface area contributed by atoms with Gasteiger partial charge in [0.2, 0.25) is 0 Å². The maximum atomic E-state index is 12.9. The number of esters is 3. The minimum Gasteiger partial charge on any atom is -0.462 e. The van der Waals surface area contributed by atoms with Gasteiger partial charge in [-0.3, -0.25) is 14.4 Å². The molecule has 0 aromatic heterocycles. The van der Waals surface area contributed by atoms with E-state index in [9.17, 15) is 14.4 Å². The number of hydrogen-bond donors (Lipinski definition) is 0. The maximum Gasteiger partial charge on any atom is 0.306 e. The van der Waals surface area contributed by atoms with Crippen molar-refractivity contribution in [1.82, 2.24) is 0 Å². The van der Waals surface area contributed by atoms with Gasteiger partial charge in [0, 0.05) is 19.3 Å². The van der Waals surface area contributed by atoms with E-state index >= 15 is 0 Å². The van der Waals surface area contributed by atoms with Gasteiger partial charge in [-0.15, -0.1) is 0 Å². The van der Waals surface area contributed by atoms with Crippen LogP contribution in [-0.2, 0) is 28.6 Å². The fourth-order valence-electron chi connectivity index (χ4n) is 9.68. The summed E-state index contributed by atoms with van der Waals surface area (Å²) < 4.78 is 17.0. The topological polar surface area (TPSA) is 78.9 Å². The molecule has 0 bridgehead atoms. The fraction of sp³-hybridized carbons (Fsp3) is 0.701. The highest BCUT2D eigenvalue weighted by atomic mass is 16.6. The van der Waals surface area contributed by atoms with Crippen molar-refractivity contribution in [3.05, 3.63) is 122 Å². The summed E-state index contributed by atoms with van der Waals surface area (Å²) in [5.41, 5.74) is 0. The van der Waals surface area contributed by atoms with Crippen molar-refractivity contribution in [2.24, 2.45) is 0 Å². The van der Waals surface area contributed by atoms with E-state index in [0.29, 0.717) is 19.3 Å². The molecule has 0 radical (unpaired) electrons. The minimum absolute atomic E-state index is 0.0862. The van der Waals surface area contributed by atoms with Crippen molar-refractivity contribution in [1.29, 1.82) is 0 Å². The molecule has 0 saturated heterocycles. The van der Waals surface area contributed by atoms with E-state index < -0.39 is 6.10 Å². The highest BCUT2D eigenvalue weighted by Crippen LogP contribution is 2.16. The summed E-state index contributed by atoms with van der Waals surface area (Å²) in [4.78, 5) is 38.4. The van der Waals surface area contributed by atoms with Crippen molar-refractivity contribution >= 4 is 17.9 Å². The first kappa shape index (κ1) is 78.8. The molecule has 474 valence electrons. The van der Waals surface area contributed by atoms with Crippen LogP contribution in [0.1, 0.15) is 329 Å². The minimum atomic E-state index is -0.790. The first-order valence-electron chi connectivity index (χ1n) is 35.0. The van der Waals surface area contributed by atoms with E-state index in [1.54, 1.807) is 0 Å². The van der Waals surface area contributed by atoms with E-state index in [-0.39, 0.29) is 31.1 Å². The summed E-state index contributed by atoms with van der Waals surface area (Å²) in [7, 11) is 0. The van der Waals surface area contributed by atoms with Crippen molar-refractivity contribution in [2.75, 3.05) is 13.2 Å². The third-order valence-electron chi connectivity index (χ3n) is 14.9. The smallest absolute Gasteiger partial charge is 0.306 e. The van der Waals surface area contributed by atoms with Gasteiger partial charge < -0.3 is 14.2 Å². The number of rotatable bonds is 63. The molecule has 0 heterocycles. The van der Waals surface area contributed by atoms with E-state index in [2.05, 4.69) is 142 Å². The molecule has 83 heavy (non-hydrogen) atoms. The van der Waals surface area contributed by atoms with Gasteiger partial charge in [0.1, 0.15) is 13.2 Å². The van der Waals surface area contributed by atoms with Crippen LogP contribution in [0.15, 0.2) is 122 Å². The molecule has 0 aliphatic rings. The summed E-state index contributed by atoms with van der Waals surface area (Å²) in [6, 6.07) is 0. The van der Waals surface area contributed by atoms with Gasteiger partial charge in [-0.05, 0) is 135 Å². The van der Waals surface area contributed by atoms with Gasteiger partial charge in [-0.25, -0.2) is 0 Å². The van der Waals surface area contributed by atoms with Crippen LogP contribution in [0, 0.1) is 0 Å². The molecule has 0 aliphatic carbocycles. The second-order valence-electron chi connectivity index (χ2n) is 23.1. The lowest BCUT2D eigenvalue weighted by atomic mass is 10.1. The lowest BCUT2D eigenvalue weighted by Gasteiger charge is -2.18. The number of ether oxygens (including phenoxy) is 3. The monoisotopic (exact) mass is 1150 g/mol. The lowest BCUT2D eigenvalue weighted by Crippen LogP contribution is -2.30. The number of carbonyl (C=O) groups excluding carboxylic acids is 3. The van der Waals surface area contributed by atoms with Crippen molar-refractivity contribution in [3.63, 3.8) is 0 Å². The molecule has 0 amide bonds. The SMILES string of the molecule is CC/C=C\C/C=C\C/C=C\C/C=C\C/C=C\C/C=C\C/C=C\C/C=C\CCCCCCCCCCC(=O)OCC(COC(=O)CCCCCCC/C=C\CCCCCCCC)OC(=O)CCCCCCCCC/C=C\CCCCCCCC. The molecule has 1 atom stereocenters. The number of allylic oxidation sites excluding steroid dienone is 20. The Bertz CT molecular complexity index is 1700. The molecule has 0 saturated carbocycles. The number of hydrogen-bond acceptors (Lipinski definition) is 6. The first-order valence-corrected chi connectivity index (χ1v) is 35.0. The van der Waals surface area contributed by atoms with Gasteiger partial charge in [0.25, 0.3) is 0 Å². The highest BCUT2D eigenvalue weighted by molar-refractivity contribution is 5.71. The Kier molecular flexibility index (Phi) is 66.7. The summed E-state index contributed by atoms with van der Waals surface area (Å²) in [5, 5.41) is 0. The molecule has 0 spiro atoms. The Balaban J connectivity index is 4.31. The van der Waals surface area contributed by atoms with Gasteiger partial charge in [0.05, 0.1) is 0 Å². The van der Waals surface area contributed by atoms with Crippen LogP contribution < -0.4 is 0 Å². The Morgan fingerprint density at radius 2 is 0.470 bits per heavy atom. The largest absolute Gasteiger partial charge is 0.462 e. The molecule has 6 nitrogen and oxygen atoms in total. The predicted molar refractivity (Wildman–Crippen MR) is 362 cm³/mol. The van der Waals surface area contributed by atoms with Gasteiger partial charge in [-0.2, -0.15) is 0 Å². The maximum absolute atomic E-state index is 12.9. The van der Waals surface area contributed by atoms with Gasteiger partial charge in [-0.1, -0.05) is 296 Å². The van der Waals surface area contributed by atoms with E-state index in [4.69, 9.17) is 14.2 Å². The van der Waals surface area contributed by atoms with Gasteiger partial charge in [0.15, 0.2) is 6.10 Å². The van der Waals surface area contributed by atoms with Gasteiger partial charge >= 0.3 is 17.9 Å². The van der Waals surface area contributed by atoms with Crippen LogP contribution in [0.4, 0.5) is 0 Å². The highest BCUT2D eigenvalue weighted by Gasteiger charge is 2.19. The second-order valence-corrected chi connectivity index (χ2v) is 23.1. The first-order chi connectivity index (χ1) is 41.0. The quantitative estimate of drug-likeness (QED) is 0.0261. The van der Waals surface area contributed by atoms with Crippen LogP contribution in [0.25, 0.3) is 0 Å². The number of carbonyl (C=O) groups is 3. The van der Waals surface area contributed by atoms with Crippen molar-refractivity contribution < 1.29 is 28.6 Å². The standard InChI is InChI=1S/C77H130O6/c1-4-7-10-13-16-19-22-25-28-30-31-32-33-34-35-36-37-38-39-40-41-42-43-44-45-47-49-52-55-58-61-64-67-70-76(79)82-73-74(72-81-75(78)69-66-63-60-57-54-51-48-27-24-21-18-15-12-9-6-3)83-77(80)71-68-65-62-59-56-53-50-46-29-26-23-20-17-14-11-8-5-2/h7,10,16,19,25-29,31-32,34-35,37-38,40-41,43-44,48,74H,4-6,8-9,11-15,17-18,20-24,30,33,36,39,42,45-47,49-73H2,1-3H3/b10-7-,19-16-,28-25-,29-26-,32-31-,35-34-,38-37-,41-40-,44-43-,48-27-. The summed E-state index contributed by atoms with van der Waals surface area (Å²) in [6.45, 7) is 6.53. The molecule has 0 N–H and O–H groups in total. The number of unbranched alkanes of at least 4 members (excludes halogenated alkanes) is 32. The third-order valence-corrected chi connectivity index (χ3v) is 14.9. The molecular weight excluding hydrogens is 1020 g/mol. The fourth-order valence-corrected chi connectivity index (χ4v) is 9.68. The lowest BCUT2D eigenvalue weighted by molar-refractivity contribution is -0.167. The zero-order valence-corrected chi connectivity index (χ0v) is 54.4. The average molecular weight is 1150 g/mol. The second kappa shape index (κ2) is 70.3.